The molecule has 0 saturated carbocycles. The molecule has 1 fully saturated rings. The molecule has 0 unspecified atom stereocenters. The van der Waals surface area contributed by atoms with E-state index in [1.165, 1.54) is 0 Å². The first-order valence-corrected chi connectivity index (χ1v) is 10.5. The van der Waals surface area contributed by atoms with Crippen molar-refractivity contribution in [1.29, 1.82) is 0 Å². The number of hydrogen-bond donors (Lipinski definition) is 2. The fourth-order valence-electron chi connectivity index (χ4n) is 3.74. The number of carboxylic acid groups (broad SMARTS) is 1. The van der Waals surface area contributed by atoms with Crippen LogP contribution in [0.2, 0.25) is 0 Å². The van der Waals surface area contributed by atoms with Gasteiger partial charge in [-0.1, -0.05) is 17.7 Å². The van der Waals surface area contributed by atoms with Gasteiger partial charge in [-0.3, -0.25) is 4.79 Å². The van der Waals surface area contributed by atoms with Gasteiger partial charge in [0.25, 0.3) is 5.91 Å². The van der Waals surface area contributed by atoms with Crippen molar-refractivity contribution in [3.05, 3.63) is 77.6 Å². The van der Waals surface area contributed by atoms with Crippen LogP contribution in [0.4, 0.5) is 17.3 Å². The average molecular weight is 431 g/mol. The van der Waals surface area contributed by atoms with Gasteiger partial charge in [0, 0.05) is 49.8 Å². The number of anilines is 3. The fourth-order valence-corrected chi connectivity index (χ4v) is 3.74. The summed E-state index contributed by atoms with van der Waals surface area (Å²) in [5, 5.41) is 12.5. The third-order valence-electron chi connectivity index (χ3n) is 5.49. The van der Waals surface area contributed by atoms with Crippen molar-refractivity contribution < 1.29 is 14.7 Å². The summed E-state index contributed by atoms with van der Waals surface area (Å²) in [6.07, 6.45) is 4.36. The molecular weight excluding hydrogens is 406 g/mol. The molecule has 0 aliphatic carbocycles. The first-order valence-electron chi connectivity index (χ1n) is 10.5. The molecule has 3 aromatic rings. The first kappa shape index (κ1) is 21.3. The minimum Gasteiger partial charge on any atom is -0.478 e. The number of aromatic carboxylic acids is 1. The number of hydrogen-bond acceptors (Lipinski definition) is 6. The smallest absolute Gasteiger partial charge is 0.337 e. The van der Waals surface area contributed by atoms with E-state index in [0.717, 1.165) is 37.3 Å². The lowest BCUT2D eigenvalue weighted by atomic mass is 10.1. The van der Waals surface area contributed by atoms with E-state index in [-0.39, 0.29) is 17.2 Å². The molecule has 1 aliphatic rings. The van der Waals surface area contributed by atoms with E-state index in [9.17, 15) is 14.7 Å². The van der Waals surface area contributed by atoms with E-state index in [1.807, 2.05) is 25.1 Å². The molecule has 1 amide bonds. The van der Waals surface area contributed by atoms with Crippen LogP contribution < -0.4 is 15.1 Å². The van der Waals surface area contributed by atoms with Crippen molar-refractivity contribution in [2.75, 3.05) is 41.3 Å². The van der Waals surface area contributed by atoms with Crippen molar-refractivity contribution in [3.63, 3.8) is 0 Å². The molecule has 0 atom stereocenters. The second-order valence-corrected chi connectivity index (χ2v) is 7.73. The van der Waals surface area contributed by atoms with Crippen molar-refractivity contribution in [3.8, 4) is 0 Å². The van der Waals surface area contributed by atoms with Gasteiger partial charge in [-0.05, 0) is 49.7 Å². The zero-order valence-corrected chi connectivity index (χ0v) is 17.9. The van der Waals surface area contributed by atoms with Gasteiger partial charge in [0.05, 0.1) is 11.3 Å². The Morgan fingerprint density at radius 3 is 2.34 bits per heavy atom. The lowest BCUT2D eigenvalue weighted by Gasteiger charge is -2.24. The number of benzene rings is 2. The topological polar surface area (TPSA) is 98.7 Å². The van der Waals surface area contributed by atoms with Crippen LogP contribution in [0.15, 0.2) is 60.9 Å². The molecule has 8 heteroatoms. The van der Waals surface area contributed by atoms with Crippen LogP contribution in [-0.4, -0.2) is 53.1 Å². The van der Waals surface area contributed by atoms with E-state index in [2.05, 4.69) is 25.1 Å². The molecule has 0 spiro atoms. The van der Waals surface area contributed by atoms with Crippen LogP contribution in [0.3, 0.4) is 0 Å². The standard InChI is InChI=1S/C24H25N5O3/c1-17-4-6-18(7-5-17)22(30)27-21-9-8-19(16-20(21)23(31)32)28-12-3-13-29(15-14-28)24-25-10-2-11-26-24/h2,4-11,16H,3,12-15H2,1H3,(H,27,30)(H,31,32). The lowest BCUT2D eigenvalue weighted by Crippen LogP contribution is -2.31. The molecule has 1 saturated heterocycles. The number of carboxylic acids is 1. The summed E-state index contributed by atoms with van der Waals surface area (Å²) in [4.78, 5) is 37.4. The maximum atomic E-state index is 12.6. The van der Waals surface area contributed by atoms with Gasteiger partial charge in [-0.15, -0.1) is 0 Å². The third kappa shape index (κ3) is 4.85. The molecular formula is C24H25N5O3. The van der Waals surface area contributed by atoms with Crippen molar-refractivity contribution in [1.82, 2.24) is 9.97 Å². The van der Waals surface area contributed by atoms with Crippen LogP contribution >= 0.6 is 0 Å². The van der Waals surface area contributed by atoms with Crippen molar-refractivity contribution >= 4 is 29.2 Å². The first-order chi connectivity index (χ1) is 15.5. The Morgan fingerprint density at radius 1 is 0.938 bits per heavy atom. The van der Waals surface area contributed by atoms with Gasteiger partial charge in [0.15, 0.2) is 0 Å². The minimum absolute atomic E-state index is 0.0652. The highest BCUT2D eigenvalue weighted by atomic mass is 16.4. The summed E-state index contributed by atoms with van der Waals surface area (Å²) in [6.45, 7) is 5.01. The Bertz CT molecular complexity index is 1100. The predicted molar refractivity (Wildman–Crippen MR) is 124 cm³/mol. The van der Waals surface area contributed by atoms with Gasteiger partial charge in [-0.2, -0.15) is 0 Å². The molecule has 4 rings (SSSR count). The molecule has 2 N–H and O–H groups in total. The Balaban J connectivity index is 1.50. The van der Waals surface area contributed by atoms with E-state index in [1.54, 1.807) is 42.7 Å². The molecule has 32 heavy (non-hydrogen) atoms. The number of aromatic nitrogens is 2. The maximum Gasteiger partial charge on any atom is 0.337 e. The van der Waals surface area contributed by atoms with Gasteiger partial charge < -0.3 is 20.2 Å². The quantitative estimate of drug-likeness (QED) is 0.638. The van der Waals surface area contributed by atoms with E-state index in [0.29, 0.717) is 18.1 Å². The summed E-state index contributed by atoms with van der Waals surface area (Å²) in [7, 11) is 0. The molecule has 2 aromatic carbocycles. The van der Waals surface area contributed by atoms with Gasteiger partial charge in [-0.25, -0.2) is 14.8 Å². The molecule has 8 nitrogen and oxygen atoms in total. The predicted octanol–water partition coefficient (Wildman–Crippen LogP) is 3.45. The molecule has 0 bridgehead atoms. The van der Waals surface area contributed by atoms with Crippen molar-refractivity contribution in [2.45, 2.75) is 13.3 Å². The zero-order valence-electron chi connectivity index (χ0n) is 17.9. The Kier molecular flexibility index (Phi) is 6.30. The summed E-state index contributed by atoms with van der Waals surface area (Å²) >= 11 is 0. The number of amides is 1. The molecule has 1 aromatic heterocycles. The molecule has 164 valence electrons. The summed E-state index contributed by atoms with van der Waals surface area (Å²) in [5.41, 5.74) is 2.68. The Labute approximate surface area is 186 Å². The number of carbonyl (C=O) groups is 2. The molecule has 0 radical (unpaired) electrons. The van der Waals surface area contributed by atoms with Crippen LogP contribution in [0.5, 0.6) is 0 Å². The highest BCUT2D eigenvalue weighted by molar-refractivity contribution is 6.08. The average Bonchev–Trinajstić information content (AvgIpc) is 3.06. The highest BCUT2D eigenvalue weighted by Gasteiger charge is 2.20. The normalized spacial score (nSPS) is 14.0. The van der Waals surface area contributed by atoms with Crippen LogP contribution in [0, 0.1) is 6.92 Å². The maximum absolute atomic E-state index is 12.6. The van der Waals surface area contributed by atoms with Crippen molar-refractivity contribution in [2.24, 2.45) is 0 Å². The monoisotopic (exact) mass is 431 g/mol. The SMILES string of the molecule is Cc1ccc(C(=O)Nc2ccc(N3CCCN(c4ncccn4)CC3)cc2C(=O)O)cc1. The second kappa shape index (κ2) is 9.47. The minimum atomic E-state index is -1.08. The molecule has 1 aliphatic heterocycles. The summed E-state index contributed by atoms with van der Waals surface area (Å²) in [6, 6.07) is 14.1. The molecule has 2 heterocycles. The number of aryl methyl sites for hydroxylation is 1. The van der Waals surface area contributed by atoms with Gasteiger partial charge >= 0.3 is 5.97 Å². The second-order valence-electron chi connectivity index (χ2n) is 7.73. The Hall–Kier alpha value is -3.94. The number of carbonyl (C=O) groups excluding carboxylic acids is 1. The number of nitrogens with one attached hydrogen (secondary N) is 1. The zero-order chi connectivity index (χ0) is 22.5. The van der Waals surface area contributed by atoms with E-state index in [4.69, 9.17) is 0 Å². The van der Waals surface area contributed by atoms with Gasteiger partial charge in [0.1, 0.15) is 0 Å². The lowest BCUT2D eigenvalue weighted by molar-refractivity contribution is 0.0698. The van der Waals surface area contributed by atoms with Crippen LogP contribution in [0.25, 0.3) is 0 Å². The highest BCUT2D eigenvalue weighted by Crippen LogP contribution is 2.25. The van der Waals surface area contributed by atoms with E-state index < -0.39 is 5.97 Å². The van der Waals surface area contributed by atoms with Crippen LogP contribution in [-0.2, 0) is 0 Å². The largest absolute Gasteiger partial charge is 0.478 e. The summed E-state index contributed by atoms with van der Waals surface area (Å²) in [5.74, 6) is -0.719. The van der Waals surface area contributed by atoms with Gasteiger partial charge in [0.2, 0.25) is 5.95 Å². The fraction of sp³-hybridized carbons (Fsp3) is 0.250. The third-order valence-corrected chi connectivity index (χ3v) is 5.49. The Morgan fingerprint density at radius 2 is 1.62 bits per heavy atom. The van der Waals surface area contributed by atoms with Crippen LogP contribution in [0.1, 0.15) is 32.7 Å². The number of rotatable bonds is 5. The van der Waals surface area contributed by atoms with E-state index >= 15 is 0 Å². The summed E-state index contributed by atoms with van der Waals surface area (Å²) < 4.78 is 0. The number of nitrogens with zero attached hydrogens (tertiary/aromatic N) is 4.